The molecule has 0 unspecified atom stereocenters. The standard InChI is InChI=1S/C18H26N4O2/c1-4-22-9-6-13(7-10-22)11-20(2)17(23)15-12-21(3)18(24)16-14(15)5-8-19-16/h5,8,12-13,19H,4,6-7,9-11H2,1-3H3. The normalized spacial score (nSPS) is 16.6. The van der Waals surface area contributed by atoms with E-state index < -0.39 is 0 Å². The Kier molecular flexibility index (Phi) is 4.76. The Labute approximate surface area is 142 Å². The van der Waals surface area contributed by atoms with Gasteiger partial charge >= 0.3 is 0 Å². The molecule has 2 aromatic rings. The van der Waals surface area contributed by atoms with Crippen molar-refractivity contribution in [1.82, 2.24) is 19.4 Å². The van der Waals surface area contributed by atoms with Crippen LogP contribution in [0.5, 0.6) is 0 Å². The summed E-state index contributed by atoms with van der Waals surface area (Å²) in [5, 5.41) is 0.704. The second kappa shape index (κ2) is 6.81. The van der Waals surface area contributed by atoms with Crippen molar-refractivity contribution in [3.63, 3.8) is 0 Å². The van der Waals surface area contributed by atoms with Gasteiger partial charge in [-0.2, -0.15) is 0 Å². The summed E-state index contributed by atoms with van der Waals surface area (Å²) in [4.78, 5) is 32.2. The Morgan fingerprint density at radius 2 is 2.08 bits per heavy atom. The van der Waals surface area contributed by atoms with Gasteiger partial charge in [-0.05, 0) is 44.5 Å². The minimum absolute atomic E-state index is 0.0203. The van der Waals surface area contributed by atoms with Crippen molar-refractivity contribution in [2.45, 2.75) is 19.8 Å². The molecule has 1 fully saturated rings. The van der Waals surface area contributed by atoms with Crippen LogP contribution in [0.4, 0.5) is 0 Å². The number of rotatable bonds is 4. The van der Waals surface area contributed by atoms with Crippen molar-refractivity contribution in [3.05, 3.63) is 34.4 Å². The number of amides is 1. The largest absolute Gasteiger partial charge is 0.357 e. The number of aromatic nitrogens is 2. The Bertz CT molecular complexity index is 784. The van der Waals surface area contributed by atoms with Crippen molar-refractivity contribution in [2.75, 3.05) is 33.2 Å². The molecule has 1 saturated heterocycles. The maximum Gasteiger partial charge on any atom is 0.274 e. The van der Waals surface area contributed by atoms with Crippen molar-refractivity contribution in [3.8, 4) is 0 Å². The van der Waals surface area contributed by atoms with E-state index in [1.165, 1.54) is 4.57 Å². The second-order valence-corrected chi connectivity index (χ2v) is 6.79. The molecule has 2 aromatic heterocycles. The summed E-state index contributed by atoms with van der Waals surface area (Å²) in [7, 11) is 3.54. The minimum Gasteiger partial charge on any atom is -0.357 e. The monoisotopic (exact) mass is 330 g/mol. The van der Waals surface area contributed by atoms with Gasteiger partial charge in [0.2, 0.25) is 0 Å². The van der Waals surface area contributed by atoms with Gasteiger partial charge < -0.3 is 19.4 Å². The van der Waals surface area contributed by atoms with Crippen LogP contribution in [0.2, 0.25) is 0 Å². The van der Waals surface area contributed by atoms with Crippen LogP contribution >= 0.6 is 0 Å². The van der Waals surface area contributed by atoms with E-state index in [4.69, 9.17) is 0 Å². The Hall–Kier alpha value is -2.08. The summed E-state index contributed by atoms with van der Waals surface area (Å²) in [5.74, 6) is 0.532. The number of pyridine rings is 1. The molecule has 1 aliphatic heterocycles. The van der Waals surface area contributed by atoms with Crippen LogP contribution in [0.25, 0.3) is 10.9 Å². The lowest BCUT2D eigenvalue weighted by molar-refractivity contribution is 0.0743. The molecule has 3 rings (SSSR count). The number of aromatic amines is 1. The second-order valence-electron chi connectivity index (χ2n) is 6.79. The quantitative estimate of drug-likeness (QED) is 0.928. The van der Waals surface area contributed by atoms with E-state index in [2.05, 4.69) is 16.8 Å². The number of hydrogen-bond donors (Lipinski definition) is 1. The average Bonchev–Trinajstić information content (AvgIpc) is 3.08. The molecule has 24 heavy (non-hydrogen) atoms. The molecule has 0 aliphatic carbocycles. The third-order valence-electron chi connectivity index (χ3n) is 5.16. The average molecular weight is 330 g/mol. The molecule has 130 valence electrons. The van der Waals surface area contributed by atoms with Gasteiger partial charge in [0.1, 0.15) is 5.52 Å². The molecule has 6 heteroatoms. The van der Waals surface area contributed by atoms with Gasteiger partial charge in [-0.1, -0.05) is 6.92 Å². The number of nitrogens with one attached hydrogen (secondary N) is 1. The highest BCUT2D eigenvalue weighted by molar-refractivity contribution is 6.05. The molecule has 0 atom stereocenters. The maximum atomic E-state index is 12.9. The maximum absolute atomic E-state index is 12.9. The summed E-state index contributed by atoms with van der Waals surface area (Å²) in [6.45, 7) is 6.30. The fourth-order valence-electron chi connectivity index (χ4n) is 3.60. The molecule has 0 spiro atoms. The van der Waals surface area contributed by atoms with Crippen LogP contribution in [0, 0.1) is 5.92 Å². The predicted octanol–water partition coefficient (Wildman–Crippen LogP) is 1.67. The molecule has 1 amide bonds. The number of fused-ring (bicyclic) bond motifs is 1. The molecule has 1 aliphatic rings. The zero-order chi connectivity index (χ0) is 17.3. The van der Waals surface area contributed by atoms with Crippen molar-refractivity contribution in [1.29, 1.82) is 0 Å². The van der Waals surface area contributed by atoms with Crippen molar-refractivity contribution < 1.29 is 4.79 Å². The van der Waals surface area contributed by atoms with Crippen LogP contribution in [0.1, 0.15) is 30.1 Å². The van der Waals surface area contributed by atoms with Gasteiger partial charge in [-0.15, -0.1) is 0 Å². The smallest absolute Gasteiger partial charge is 0.274 e. The predicted molar refractivity (Wildman–Crippen MR) is 95.3 cm³/mol. The molecule has 0 radical (unpaired) electrons. The van der Waals surface area contributed by atoms with Gasteiger partial charge in [-0.3, -0.25) is 9.59 Å². The van der Waals surface area contributed by atoms with E-state index in [9.17, 15) is 9.59 Å². The molecule has 0 aromatic carbocycles. The molecule has 6 nitrogen and oxygen atoms in total. The number of hydrogen-bond acceptors (Lipinski definition) is 3. The third kappa shape index (κ3) is 3.11. The number of carbonyl (C=O) groups is 1. The fourth-order valence-corrected chi connectivity index (χ4v) is 3.60. The van der Waals surface area contributed by atoms with Crippen LogP contribution in [0.3, 0.4) is 0 Å². The Balaban J connectivity index is 1.76. The lowest BCUT2D eigenvalue weighted by atomic mass is 9.96. The van der Waals surface area contributed by atoms with Gasteiger partial charge in [0.25, 0.3) is 11.5 Å². The highest BCUT2D eigenvalue weighted by Gasteiger charge is 2.23. The SMILES string of the molecule is CCN1CCC(CN(C)C(=O)c2cn(C)c(=O)c3[nH]ccc23)CC1. The van der Waals surface area contributed by atoms with E-state index in [-0.39, 0.29) is 11.5 Å². The lowest BCUT2D eigenvalue weighted by Crippen LogP contribution is -2.39. The van der Waals surface area contributed by atoms with Crippen molar-refractivity contribution >= 4 is 16.8 Å². The van der Waals surface area contributed by atoms with E-state index >= 15 is 0 Å². The van der Waals surface area contributed by atoms with E-state index in [1.807, 2.05) is 7.05 Å². The molecule has 3 heterocycles. The summed E-state index contributed by atoms with van der Waals surface area (Å²) >= 11 is 0. The summed E-state index contributed by atoms with van der Waals surface area (Å²) < 4.78 is 1.47. The zero-order valence-corrected chi connectivity index (χ0v) is 14.7. The number of piperidine rings is 1. The summed E-state index contributed by atoms with van der Waals surface area (Å²) in [6.07, 6.45) is 5.64. The van der Waals surface area contributed by atoms with Gasteiger partial charge in [0.05, 0.1) is 5.56 Å². The third-order valence-corrected chi connectivity index (χ3v) is 5.16. The molecular formula is C18H26N4O2. The van der Waals surface area contributed by atoms with Crippen LogP contribution in [-0.4, -0.2) is 58.5 Å². The minimum atomic E-state index is -0.110. The fraction of sp³-hybridized carbons (Fsp3) is 0.556. The number of H-pyrrole nitrogens is 1. The van der Waals surface area contributed by atoms with Gasteiger partial charge in [-0.25, -0.2) is 0 Å². The molecule has 1 N–H and O–H groups in total. The lowest BCUT2D eigenvalue weighted by Gasteiger charge is -2.33. The summed E-state index contributed by atoms with van der Waals surface area (Å²) in [6, 6.07) is 1.80. The van der Waals surface area contributed by atoms with E-state index in [0.717, 1.165) is 39.0 Å². The van der Waals surface area contributed by atoms with Gasteiger partial charge in [0.15, 0.2) is 0 Å². The van der Waals surface area contributed by atoms with Gasteiger partial charge in [0, 0.05) is 38.4 Å². The number of likely N-dealkylation sites (tertiary alicyclic amines) is 1. The first-order valence-electron chi connectivity index (χ1n) is 8.65. The molecule has 0 bridgehead atoms. The first-order valence-corrected chi connectivity index (χ1v) is 8.65. The van der Waals surface area contributed by atoms with E-state index in [1.54, 1.807) is 30.4 Å². The Morgan fingerprint density at radius 1 is 1.38 bits per heavy atom. The first kappa shape index (κ1) is 16.8. The molecule has 0 saturated carbocycles. The number of nitrogens with zero attached hydrogens (tertiary/aromatic N) is 3. The van der Waals surface area contributed by atoms with Crippen LogP contribution < -0.4 is 5.56 Å². The zero-order valence-electron chi connectivity index (χ0n) is 14.7. The van der Waals surface area contributed by atoms with Crippen LogP contribution in [0.15, 0.2) is 23.3 Å². The van der Waals surface area contributed by atoms with Crippen LogP contribution in [-0.2, 0) is 7.05 Å². The van der Waals surface area contributed by atoms with E-state index in [0.29, 0.717) is 22.4 Å². The number of carbonyl (C=O) groups excluding carboxylic acids is 1. The topological polar surface area (TPSA) is 61.3 Å². The summed E-state index contributed by atoms with van der Waals surface area (Å²) in [5.41, 5.74) is 0.969. The first-order chi connectivity index (χ1) is 11.5. The molecular weight excluding hydrogens is 304 g/mol. The highest BCUT2D eigenvalue weighted by Crippen LogP contribution is 2.20. The highest BCUT2D eigenvalue weighted by atomic mass is 16.2. The Morgan fingerprint density at radius 3 is 2.75 bits per heavy atom. The van der Waals surface area contributed by atoms with Crippen molar-refractivity contribution in [2.24, 2.45) is 13.0 Å². The number of aryl methyl sites for hydroxylation is 1.